The molecule has 128 valence electrons. The average Bonchev–Trinajstić information content (AvgIpc) is 2.52. The summed E-state index contributed by atoms with van der Waals surface area (Å²) in [5.41, 5.74) is -0.508. The molecule has 5 heteroatoms. The Kier molecular flexibility index (Phi) is 6.50. The van der Waals surface area contributed by atoms with E-state index in [1.54, 1.807) is 4.90 Å². The standard InChI is InChI=1S/C17H32N2O3/c1-14(2)12-22-16(20)19-10-6-15(7-11-19)18-13-17(21)8-4-3-5-9-17/h14-15,18,21H,3-13H2,1-2H3. The molecule has 1 saturated carbocycles. The first-order valence-corrected chi connectivity index (χ1v) is 8.86. The van der Waals surface area contributed by atoms with Gasteiger partial charge in [-0.3, -0.25) is 0 Å². The molecular formula is C17H32N2O3. The summed E-state index contributed by atoms with van der Waals surface area (Å²) in [4.78, 5) is 13.7. The van der Waals surface area contributed by atoms with Crippen LogP contribution in [0.3, 0.4) is 0 Å². The number of aliphatic hydroxyl groups is 1. The van der Waals surface area contributed by atoms with Gasteiger partial charge in [0.2, 0.25) is 0 Å². The number of nitrogens with zero attached hydrogens (tertiary/aromatic N) is 1. The predicted octanol–water partition coefficient (Wildman–Crippen LogP) is 2.53. The van der Waals surface area contributed by atoms with Crippen LogP contribution in [0.5, 0.6) is 0 Å². The molecule has 2 fully saturated rings. The largest absolute Gasteiger partial charge is 0.449 e. The minimum Gasteiger partial charge on any atom is -0.449 e. The second-order valence-electron chi connectivity index (χ2n) is 7.40. The van der Waals surface area contributed by atoms with E-state index < -0.39 is 5.60 Å². The number of carbonyl (C=O) groups is 1. The van der Waals surface area contributed by atoms with Gasteiger partial charge in [0.1, 0.15) is 0 Å². The fourth-order valence-electron chi connectivity index (χ4n) is 3.32. The Morgan fingerprint density at radius 2 is 1.91 bits per heavy atom. The van der Waals surface area contributed by atoms with Crippen molar-refractivity contribution in [3.05, 3.63) is 0 Å². The number of rotatable bonds is 5. The number of carbonyl (C=O) groups excluding carboxylic acids is 1. The Labute approximate surface area is 134 Å². The van der Waals surface area contributed by atoms with Gasteiger partial charge in [-0.2, -0.15) is 0 Å². The molecule has 0 aromatic heterocycles. The van der Waals surface area contributed by atoms with Crippen LogP contribution in [-0.2, 0) is 4.74 Å². The average molecular weight is 312 g/mol. The first-order valence-electron chi connectivity index (χ1n) is 8.86. The summed E-state index contributed by atoms with van der Waals surface area (Å²) in [6.45, 7) is 6.75. The summed E-state index contributed by atoms with van der Waals surface area (Å²) >= 11 is 0. The fraction of sp³-hybridized carbons (Fsp3) is 0.941. The van der Waals surface area contributed by atoms with Crippen LogP contribution in [0.15, 0.2) is 0 Å². The molecule has 0 aromatic carbocycles. The number of ether oxygens (including phenoxy) is 1. The molecule has 0 aromatic rings. The third-order valence-corrected chi connectivity index (χ3v) is 4.80. The van der Waals surface area contributed by atoms with E-state index in [-0.39, 0.29) is 6.09 Å². The van der Waals surface area contributed by atoms with Crippen LogP contribution >= 0.6 is 0 Å². The van der Waals surface area contributed by atoms with E-state index in [0.29, 0.717) is 25.1 Å². The number of likely N-dealkylation sites (tertiary alicyclic amines) is 1. The van der Waals surface area contributed by atoms with Gasteiger partial charge in [-0.1, -0.05) is 33.1 Å². The molecule has 0 spiro atoms. The lowest BCUT2D eigenvalue weighted by atomic mass is 9.84. The third kappa shape index (κ3) is 5.43. The highest BCUT2D eigenvalue weighted by molar-refractivity contribution is 5.67. The molecule has 0 unspecified atom stereocenters. The van der Waals surface area contributed by atoms with E-state index in [2.05, 4.69) is 5.32 Å². The van der Waals surface area contributed by atoms with E-state index in [1.165, 1.54) is 6.42 Å². The van der Waals surface area contributed by atoms with E-state index in [9.17, 15) is 9.90 Å². The molecule has 22 heavy (non-hydrogen) atoms. The van der Waals surface area contributed by atoms with Crippen molar-refractivity contribution >= 4 is 6.09 Å². The predicted molar refractivity (Wildman–Crippen MR) is 86.8 cm³/mol. The van der Waals surface area contributed by atoms with Crippen molar-refractivity contribution < 1.29 is 14.6 Å². The Bertz CT molecular complexity index is 346. The van der Waals surface area contributed by atoms with Crippen LogP contribution < -0.4 is 5.32 Å². The topological polar surface area (TPSA) is 61.8 Å². The quantitative estimate of drug-likeness (QED) is 0.819. The maximum Gasteiger partial charge on any atom is 0.409 e. The van der Waals surface area contributed by atoms with E-state index in [4.69, 9.17) is 4.74 Å². The lowest BCUT2D eigenvalue weighted by molar-refractivity contribution is 0.000520. The van der Waals surface area contributed by atoms with E-state index in [0.717, 1.165) is 51.6 Å². The number of amides is 1. The summed E-state index contributed by atoms with van der Waals surface area (Å²) in [6.07, 6.45) is 7.05. The Morgan fingerprint density at radius 3 is 2.50 bits per heavy atom. The summed E-state index contributed by atoms with van der Waals surface area (Å²) in [6, 6.07) is 0.403. The second kappa shape index (κ2) is 8.16. The highest BCUT2D eigenvalue weighted by atomic mass is 16.6. The SMILES string of the molecule is CC(C)COC(=O)N1CCC(NCC2(O)CCCCC2)CC1. The van der Waals surface area contributed by atoms with Crippen LogP contribution in [0.1, 0.15) is 58.8 Å². The zero-order valence-electron chi connectivity index (χ0n) is 14.1. The van der Waals surface area contributed by atoms with Crippen LogP contribution in [0.4, 0.5) is 4.79 Å². The molecule has 1 amide bonds. The van der Waals surface area contributed by atoms with Crippen molar-refractivity contribution in [2.24, 2.45) is 5.92 Å². The zero-order chi connectivity index (χ0) is 16.0. The Morgan fingerprint density at radius 1 is 1.27 bits per heavy atom. The van der Waals surface area contributed by atoms with Crippen molar-refractivity contribution in [1.29, 1.82) is 0 Å². The summed E-state index contributed by atoms with van der Waals surface area (Å²) in [7, 11) is 0. The number of hydrogen-bond donors (Lipinski definition) is 2. The van der Waals surface area contributed by atoms with Gasteiger partial charge in [-0.15, -0.1) is 0 Å². The van der Waals surface area contributed by atoms with Gasteiger partial charge in [-0.25, -0.2) is 4.79 Å². The highest BCUT2D eigenvalue weighted by Gasteiger charge is 2.31. The third-order valence-electron chi connectivity index (χ3n) is 4.80. The Hall–Kier alpha value is -0.810. The molecule has 2 aliphatic rings. The van der Waals surface area contributed by atoms with Crippen LogP contribution in [0, 0.1) is 5.92 Å². The van der Waals surface area contributed by atoms with Crippen LogP contribution in [0.25, 0.3) is 0 Å². The van der Waals surface area contributed by atoms with Crippen molar-refractivity contribution in [2.45, 2.75) is 70.4 Å². The van der Waals surface area contributed by atoms with Gasteiger partial charge in [0.15, 0.2) is 0 Å². The minimum atomic E-state index is -0.508. The van der Waals surface area contributed by atoms with Crippen molar-refractivity contribution in [2.75, 3.05) is 26.2 Å². The molecule has 2 N–H and O–H groups in total. The molecule has 1 heterocycles. The lowest BCUT2D eigenvalue weighted by Gasteiger charge is -2.36. The first kappa shape index (κ1) is 17.5. The van der Waals surface area contributed by atoms with Crippen LogP contribution in [0.2, 0.25) is 0 Å². The minimum absolute atomic E-state index is 0.182. The van der Waals surface area contributed by atoms with Gasteiger partial charge in [0, 0.05) is 25.7 Å². The lowest BCUT2D eigenvalue weighted by Crippen LogP contribution is -2.50. The Balaban J connectivity index is 1.65. The smallest absolute Gasteiger partial charge is 0.409 e. The molecule has 1 saturated heterocycles. The maximum absolute atomic E-state index is 11.9. The molecule has 0 atom stereocenters. The van der Waals surface area contributed by atoms with Gasteiger partial charge >= 0.3 is 6.09 Å². The first-order chi connectivity index (χ1) is 10.5. The molecular weight excluding hydrogens is 280 g/mol. The normalized spacial score (nSPS) is 22.8. The summed E-state index contributed by atoms with van der Waals surface area (Å²) in [5, 5.41) is 14.0. The molecule has 1 aliphatic heterocycles. The van der Waals surface area contributed by atoms with Crippen LogP contribution in [-0.4, -0.2) is 54.0 Å². The van der Waals surface area contributed by atoms with E-state index in [1.807, 2.05) is 13.8 Å². The fourth-order valence-corrected chi connectivity index (χ4v) is 3.32. The van der Waals surface area contributed by atoms with Crippen molar-refractivity contribution in [1.82, 2.24) is 10.2 Å². The maximum atomic E-state index is 11.9. The number of hydrogen-bond acceptors (Lipinski definition) is 4. The molecule has 1 aliphatic carbocycles. The molecule has 5 nitrogen and oxygen atoms in total. The number of piperidine rings is 1. The molecule has 0 bridgehead atoms. The van der Waals surface area contributed by atoms with Crippen molar-refractivity contribution in [3.8, 4) is 0 Å². The van der Waals surface area contributed by atoms with Crippen molar-refractivity contribution in [3.63, 3.8) is 0 Å². The van der Waals surface area contributed by atoms with Gasteiger partial charge in [0.05, 0.1) is 12.2 Å². The second-order valence-corrected chi connectivity index (χ2v) is 7.40. The van der Waals surface area contributed by atoms with Gasteiger partial charge < -0.3 is 20.1 Å². The molecule has 0 radical (unpaired) electrons. The highest BCUT2D eigenvalue weighted by Crippen LogP contribution is 2.27. The summed E-state index contributed by atoms with van der Waals surface area (Å²) < 4.78 is 5.28. The van der Waals surface area contributed by atoms with Gasteiger partial charge in [-0.05, 0) is 31.6 Å². The van der Waals surface area contributed by atoms with Gasteiger partial charge in [0.25, 0.3) is 0 Å². The molecule has 2 rings (SSSR count). The zero-order valence-corrected chi connectivity index (χ0v) is 14.1. The monoisotopic (exact) mass is 312 g/mol. The van der Waals surface area contributed by atoms with E-state index >= 15 is 0 Å². The summed E-state index contributed by atoms with van der Waals surface area (Å²) in [5.74, 6) is 0.374. The number of nitrogens with one attached hydrogen (secondary N) is 1.